The van der Waals surface area contributed by atoms with Gasteiger partial charge in [-0.3, -0.25) is 4.79 Å². The van der Waals surface area contributed by atoms with Crippen molar-refractivity contribution in [1.29, 1.82) is 0 Å². The predicted octanol–water partition coefficient (Wildman–Crippen LogP) is 6.24. The summed E-state index contributed by atoms with van der Waals surface area (Å²) < 4.78 is 57.0. The fourth-order valence-corrected chi connectivity index (χ4v) is 4.26. The van der Waals surface area contributed by atoms with E-state index in [4.69, 9.17) is 33.9 Å². The number of carbonyl (C=O) groups excluding carboxylic acids is 2. The van der Waals surface area contributed by atoms with Crippen LogP contribution < -0.4 is 14.2 Å². The second-order valence-electron chi connectivity index (χ2n) is 10.8. The summed E-state index contributed by atoms with van der Waals surface area (Å²) in [5.74, 6) is -2.23. The second-order valence-corrected chi connectivity index (χ2v) is 10.8. The Morgan fingerprint density at radius 3 is 1.91 bits per heavy atom. The van der Waals surface area contributed by atoms with Crippen LogP contribution in [-0.4, -0.2) is 61.8 Å². The molecule has 0 aliphatic heterocycles. The number of ether oxygens (including phenoxy) is 5. The van der Waals surface area contributed by atoms with Crippen LogP contribution in [0.3, 0.4) is 0 Å². The number of alkyl halides is 2. The standard InChI is InChI=1S/C36H42F2O9/c1-4-5-6-7-27-8-10-28(11-9-27)29-12-14-30(15-13-29)36(37,38)47-33-21-31(43-16-18-45-34(41)25(2)23-39)20-32(22-33)44-17-19-46-35(42)26(3)24-40/h8-15,20-22,26,39-40H,2,4-7,16-19,23-24H2,1,3H3. The molecule has 1 atom stereocenters. The molecule has 0 spiro atoms. The summed E-state index contributed by atoms with van der Waals surface area (Å²) >= 11 is 0. The van der Waals surface area contributed by atoms with Crippen LogP contribution in [0.15, 0.2) is 78.9 Å². The molecule has 0 aliphatic rings. The number of unbranched alkanes of at least 4 members (excludes halogenated alkanes) is 2. The first kappa shape index (κ1) is 37.0. The molecule has 0 amide bonds. The Morgan fingerprint density at radius 2 is 1.36 bits per heavy atom. The highest BCUT2D eigenvalue weighted by Crippen LogP contribution is 2.36. The molecule has 0 fully saturated rings. The Balaban J connectivity index is 1.70. The van der Waals surface area contributed by atoms with Gasteiger partial charge in [0.15, 0.2) is 0 Å². The molecule has 2 N–H and O–H groups in total. The van der Waals surface area contributed by atoms with Gasteiger partial charge in [-0.25, -0.2) is 4.79 Å². The van der Waals surface area contributed by atoms with E-state index in [2.05, 4.69) is 25.6 Å². The molecule has 9 nitrogen and oxygen atoms in total. The molecule has 47 heavy (non-hydrogen) atoms. The molecule has 0 bridgehead atoms. The molecule has 0 saturated heterocycles. The molecule has 3 aromatic rings. The monoisotopic (exact) mass is 656 g/mol. The van der Waals surface area contributed by atoms with Gasteiger partial charge in [0, 0.05) is 18.2 Å². The van der Waals surface area contributed by atoms with E-state index in [1.54, 1.807) is 12.1 Å². The predicted molar refractivity (Wildman–Crippen MR) is 171 cm³/mol. The number of rotatable bonds is 20. The zero-order valence-electron chi connectivity index (χ0n) is 26.7. The summed E-state index contributed by atoms with van der Waals surface area (Å²) in [4.78, 5) is 23.5. The van der Waals surface area contributed by atoms with Crippen LogP contribution in [0.5, 0.6) is 17.2 Å². The van der Waals surface area contributed by atoms with E-state index in [-0.39, 0.29) is 61.4 Å². The minimum atomic E-state index is -3.73. The lowest BCUT2D eigenvalue weighted by Gasteiger charge is -2.20. The van der Waals surface area contributed by atoms with Crippen molar-refractivity contribution in [2.45, 2.75) is 45.6 Å². The quantitative estimate of drug-likeness (QED) is 0.0828. The lowest BCUT2D eigenvalue weighted by Crippen LogP contribution is -2.22. The van der Waals surface area contributed by atoms with Gasteiger partial charge in [-0.1, -0.05) is 62.7 Å². The number of aryl methyl sites for hydroxylation is 1. The molecular formula is C36H42F2O9. The van der Waals surface area contributed by atoms with E-state index in [9.17, 15) is 9.59 Å². The van der Waals surface area contributed by atoms with Crippen molar-refractivity contribution in [3.8, 4) is 28.4 Å². The van der Waals surface area contributed by atoms with Crippen molar-refractivity contribution >= 4 is 11.9 Å². The van der Waals surface area contributed by atoms with Crippen LogP contribution in [0, 0.1) is 5.92 Å². The third-order valence-electron chi connectivity index (χ3n) is 7.01. The lowest BCUT2D eigenvalue weighted by atomic mass is 10.0. The fraction of sp³-hybridized carbons (Fsp3) is 0.389. The zero-order valence-corrected chi connectivity index (χ0v) is 26.7. The fourth-order valence-electron chi connectivity index (χ4n) is 4.26. The molecular weight excluding hydrogens is 614 g/mol. The van der Waals surface area contributed by atoms with Gasteiger partial charge in [0.2, 0.25) is 0 Å². The van der Waals surface area contributed by atoms with Gasteiger partial charge >= 0.3 is 18.0 Å². The first-order chi connectivity index (χ1) is 22.6. The summed E-state index contributed by atoms with van der Waals surface area (Å²) in [6, 6.07) is 17.8. The molecule has 3 rings (SSSR count). The smallest absolute Gasteiger partial charge is 0.426 e. The molecule has 0 heterocycles. The summed E-state index contributed by atoms with van der Waals surface area (Å²) in [7, 11) is 0. The summed E-state index contributed by atoms with van der Waals surface area (Å²) in [5, 5.41) is 18.1. The van der Waals surface area contributed by atoms with Crippen LogP contribution in [0.2, 0.25) is 0 Å². The van der Waals surface area contributed by atoms with Gasteiger partial charge in [-0.15, -0.1) is 0 Å². The van der Waals surface area contributed by atoms with Crippen molar-refractivity contribution in [2.75, 3.05) is 39.6 Å². The average Bonchev–Trinajstić information content (AvgIpc) is 3.07. The van der Waals surface area contributed by atoms with Crippen molar-refractivity contribution in [3.05, 3.63) is 90.0 Å². The molecule has 3 aromatic carbocycles. The lowest BCUT2D eigenvalue weighted by molar-refractivity contribution is -0.185. The van der Waals surface area contributed by atoms with E-state index >= 15 is 8.78 Å². The van der Waals surface area contributed by atoms with Crippen LogP contribution in [0.1, 0.15) is 44.2 Å². The van der Waals surface area contributed by atoms with Crippen LogP contribution in [-0.2, 0) is 31.6 Å². The highest BCUT2D eigenvalue weighted by atomic mass is 19.3. The van der Waals surface area contributed by atoms with Crippen LogP contribution >= 0.6 is 0 Å². The van der Waals surface area contributed by atoms with Crippen molar-refractivity contribution in [1.82, 2.24) is 0 Å². The second kappa shape index (κ2) is 18.6. The van der Waals surface area contributed by atoms with Gasteiger partial charge < -0.3 is 33.9 Å². The van der Waals surface area contributed by atoms with Gasteiger partial charge in [0.25, 0.3) is 0 Å². The molecule has 0 radical (unpaired) electrons. The summed E-state index contributed by atoms with van der Waals surface area (Å²) in [6.45, 7) is 5.48. The molecule has 0 aliphatic carbocycles. The van der Waals surface area contributed by atoms with Gasteiger partial charge in [-0.2, -0.15) is 8.78 Å². The van der Waals surface area contributed by atoms with Crippen molar-refractivity contribution < 1.29 is 52.3 Å². The SMILES string of the molecule is C=C(CO)C(=O)OCCOc1cc(OCCOC(=O)C(C)CO)cc(OC(F)(F)c2ccc(-c3ccc(CCCCC)cc3)cc2)c1. The molecule has 11 heteroatoms. The Labute approximate surface area is 273 Å². The number of carbonyl (C=O) groups is 2. The van der Waals surface area contributed by atoms with Gasteiger partial charge in [0.1, 0.15) is 43.7 Å². The van der Waals surface area contributed by atoms with E-state index in [1.165, 1.54) is 49.2 Å². The molecule has 0 saturated carbocycles. The number of hydrogen-bond donors (Lipinski definition) is 2. The largest absolute Gasteiger partial charge is 0.490 e. The molecule has 1 unspecified atom stereocenters. The first-order valence-corrected chi connectivity index (χ1v) is 15.5. The third kappa shape index (κ3) is 12.0. The molecule has 0 aromatic heterocycles. The number of hydrogen-bond acceptors (Lipinski definition) is 9. The minimum absolute atomic E-state index is 0.0738. The topological polar surface area (TPSA) is 121 Å². The van der Waals surface area contributed by atoms with Crippen molar-refractivity contribution in [3.63, 3.8) is 0 Å². The molecule has 254 valence electrons. The van der Waals surface area contributed by atoms with E-state index in [0.717, 1.165) is 30.4 Å². The van der Waals surface area contributed by atoms with Gasteiger partial charge in [-0.05, 0) is 48.6 Å². The number of benzene rings is 3. The number of esters is 2. The maximum atomic E-state index is 15.4. The average molecular weight is 657 g/mol. The Bertz CT molecular complexity index is 1440. The van der Waals surface area contributed by atoms with E-state index in [0.29, 0.717) is 0 Å². The first-order valence-electron chi connectivity index (χ1n) is 15.5. The normalized spacial score (nSPS) is 11.8. The maximum absolute atomic E-state index is 15.4. The minimum Gasteiger partial charge on any atom is -0.490 e. The number of aliphatic hydroxyl groups excluding tert-OH is 2. The highest BCUT2D eigenvalue weighted by molar-refractivity contribution is 5.87. The third-order valence-corrected chi connectivity index (χ3v) is 7.01. The number of aliphatic hydroxyl groups is 2. The Hall–Kier alpha value is -4.48. The van der Waals surface area contributed by atoms with Crippen molar-refractivity contribution in [2.24, 2.45) is 5.92 Å². The number of halogens is 2. The highest BCUT2D eigenvalue weighted by Gasteiger charge is 2.35. The van der Waals surface area contributed by atoms with E-state index in [1.807, 2.05) is 12.1 Å². The van der Waals surface area contributed by atoms with Crippen LogP contribution in [0.4, 0.5) is 8.78 Å². The van der Waals surface area contributed by atoms with E-state index < -0.39 is 30.6 Å². The Morgan fingerprint density at radius 1 is 0.809 bits per heavy atom. The summed E-state index contributed by atoms with van der Waals surface area (Å²) in [5.41, 5.74) is 2.44. The Kier molecular flexibility index (Phi) is 14.6. The maximum Gasteiger partial charge on any atom is 0.426 e. The van der Waals surface area contributed by atoms with Gasteiger partial charge in [0.05, 0.1) is 30.3 Å². The zero-order chi connectivity index (χ0) is 34.2. The van der Waals surface area contributed by atoms with Crippen LogP contribution in [0.25, 0.3) is 11.1 Å². The summed E-state index contributed by atoms with van der Waals surface area (Å²) in [6.07, 6.45) is 0.725.